The van der Waals surface area contributed by atoms with Crippen LogP contribution in [0.2, 0.25) is 0 Å². The van der Waals surface area contributed by atoms with Crippen molar-refractivity contribution in [3.63, 3.8) is 0 Å². The maximum absolute atomic E-state index is 13.5. The van der Waals surface area contributed by atoms with Gasteiger partial charge in [0.25, 0.3) is 0 Å². The molecule has 0 aromatic carbocycles. The Morgan fingerprint density at radius 3 is 2.00 bits per heavy atom. The van der Waals surface area contributed by atoms with Gasteiger partial charge in [-0.15, -0.1) is 23.5 Å². The van der Waals surface area contributed by atoms with E-state index in [-0.39, 0.29) is 64.5 Å². The molecule has 0 spiro atoms. The van der Waals surface area contributed by atoms with Crippen LogP contribution in [-0.2, 0) is 19.1 Å². The predicted octanol–water partition coefficient (Wildman–Crippen LogP) is 7.40. The normalized spacial score (nSPS) is 38.2. The molecule has 6 rings (SSSR count). The fourth-order valence-corrected chi connectivity index (χ4v) is 11.9. The first-order chi connectivity index (χ1) is 22.8. The van der Waals surface area contributed by atoms with Crippen molar-refractivity contribution < 1.29 is 29.3 Å². The second-order valence-corrected chi connectivity index (χ2v) is 17.1. The number of ether oxygens (including phenoxy) is 2. The Hall–Kier alpha value is -1.52. The zero-order chi connectivity index (χ0) is 33.1. The van der Waals surface area contributed by atoms with Crippen LogP contribution in [-0.4, -0.2) is 56.3 Å². The Morgan fingerprint density at radius 1 is 0.851 bits per heavy atom. The molecule has 0 aromatic rings. The number of nitrogens with one attached hydrogen (secondary N) is 1. The summed E-state index contributed by atoms with van der Waals surface area (Å²) in [4.78, 5) is 28.3. The molecule has 4 aliphatic carbocycles. The van der Waals surface area contributed by atoms with Crippen molar-refractivity contribution in [3.05, 3.63) is 46.8 Å². The van der Waals surface area contributed by atoms with E-state index < -0.39 is 0 Å². The number of aliphatic hydroxyl groups is 2. The lowest BCUT2D eigenvalue weighted by molar-refractivity contribution is -0.148. The van der Waals surface area contributed by atoms with E-state index in [1.807, 2.05) is 37.8 Å². The lowest BCUT2D eigenvalue weighted by Gasteiger charge is -2.38. The molecule has 0 aromatic heterocycles. The predicted molar refractivity (Wildman–Crippen MR) is 189 cm³/mol. The molecule has 2 saturated carbocycles. The second-order valence-electron chi connectivity index (χ2n) is 14.6. The largest absolute Gasteiger partial charge is 0.430 e. The molecule has 47 heavy (non-hydrogen) atoms. The van der Waals surface area contributed by atoms with Crippen LogP contribution < -0.4 is 5.32 Å². The summed E-state index contributed by atoms with van der Waals surface area (Å²) in [5.74, 6) is 2.25. The maximum atomic E-state index is 13.5. The first-order valence-corrected chi connectivity index (χ1v) is 20.3. The fourth-order valence-electron chi connectivity index (χ4n) is 8.74. The highest BCUT2D eigenvalue weighted by Gasteiger charge is 2.47. The number of carbonyl (C=O) groups is 2. The van der Waals surface area contributed by atoms with Crippen LogP contribution in [0, 0.1) is 35.5 Å². The monoisotopic (exact) mass is 685 g/mol. The van der Waals surface area contributed by atoms with Gasteiger partial charge in [0.1, 0.15) is 11.5 Å². The van der Waals surface area contributed by atoms with Crippen molar-refractivity contribution in [2.24, 2.45) is 35.5 Å². The van der Waals surface area contributed by atoms with Gasteiger partial charge >= 0.3 is 11.9 Å². The highest BCUT2D eigenvalue weighted by atomic mass is 32.2. The Labute approximate surface area is 289 Å². The zero-order valence-corrected chi connectivity index (χ0v) is 30.0. The molecule has 1 saturated heterocycles. The average Bonchev–Trinajstić information content (AvgIpc) is 3.58. The average molecular weight is 686 g/mol. The Bertz CT molecular complexity index is 1180. The van der Waals surface area contributed by atoms with Crippen LogP contribution in [0.4, 0.5) is 0 Å². The molecule has 7 nitrogen and oxygen atoms in total. The van der Waals surface area contributed by atoms with Gasteiger partial charge in [-0.2, -0.15) is 0 Å². The van der Waals surface area contributed by atoms with Crippen molar-refractivity contribution in [1.29, 1.82) is 0 Å². The number of allylic oxidation sites excluding steroid dienone is 4. The minimum absolute atomic E-state index is 0.0135. The van der Waals surface area contributed by atoms with Gasteiger partial charge in [-0.25, -0.2) is 0 Å². The van der Waals surface area contributed by atoms with Crippen LogP contribution >= 0.6 is 23.5 Å². The topological polar surface area (TPSA) is 105 Å². The minimum atomic E-state index is -0.298. The van der Waals surface area contributed by atoms with Gasteiger partial charge in [-0.05, 0) is 119 Å². The van der Waals surface area contributed by atoms with Gasteiger partial charge in [-0.3, -0.25) is 14.9 Å². The summed E-state index contributed by atoms with van der Waals surface area (Å²) < 4.78 is 12.4. The smallest absolute Gasteiger partial charge is 0.314 e. The van der Waals surface area contributed by atoms with Crippen molar-refractivity contribution in [2.75, 3.05) is 0 Å². The molecule has 9 heteroatoms. The van der Waals surface area contributed by atoms with E-state index in [2.05, 4.69) is 30.5 Å². The number of hydrogen-bond acceptors (Lipinski definition) is 9. The van der Waals surface area contributed by atoms with E-state index >= 15 is 0 Å². The number of carbonyl (C=O) groups excluding carboxylic acids is 2. The molecule has 0 amide bonds. The van der Waals surface area contributed by atoms with Crippen molar-refractivity contribution in [1.82, 2.24) is 5.32 Å². The third kappa shape index (κ3) is 7.95. The van der Waals surface area contributed by atoms with Gasteiger partial charge < -0.3 is 19.7 Å². The number of rotatable bonds is 10. The Kier molecular flexibility index (Phi) is 12.0. The molecule has 3 N–H and O–H groups in total. The zero-order valence-electron chi connectivity index (χ0n) is 28.4. The lowest BCUT2D eigenvalue weighted by atomic mass is 9.79. The summed E-state index contributed by atoms with van der Waals surface area (Å²) in [7, 11) is 0. The van der Waals surface area contributed by atoms with E-state index in [0.717, 1.165) is 77.0 Å². The fraction of sp³-hybridized carbons (Fsp3) is 0.737. The molecule has 8 unspecified atom stereocenters. The minimum Gasteiger partial charge on any atom is -0.430 e. The molecule has 3 fully saturated rings. The Balaban J connectivity index is 1.17. The van der Waals surface area contributed by atoms with Gasteiger partial charge in [0.15, 0.2) is 0 Å². The molecular formula is C38H55NO6S2. The van der Waals surface area contributed by atoms with E-state index in [0.29, 0.717) is 28.6 Å². The summed E-state index contributed by atoms with van der Waals surface area (Å²) in [5.41, 5.74) is 0. The summed E-state index contributed by atoms with van der Waals surface area (Å²) in [6.07, 6.45) is 21.6. The summed E-state index contributed by atoms with van der Waals surface area (Å²) in [5, 5.41) is 24.7. The lowest BCUT2D eigenvalue weighted by Crippen LogP contribution is -2.41. The number of aliphatic hydroxyl groups excluding tert-OH is 2. The SMILES string of the molecule is CCC(O)C1CCC(C(=O)OC2=CC=C(OC(=O)C3CCC(C(O)CC)CC3)C3SC(C4=CC(CC)C5CCC=CC5S4)NC23)CC1. The summed E-state index contributed by atoms with van der Waals surface area (Å²) in [6.45, 7) is 6.30. The van der Waals surface area contributed by atoms with Gasteiger partial charge in [0, 0.05) is 10.2 Å². The number of fused-ring (bicyclic) bond motifs is 2. The molecule has 2 heterocycles. The van der Waals surface area contributed by atoms with Crippen LogP contribution in [0.25, 0.3) is 0 Å². The summed E-state index contributed by atoms with van der Waals surface area (Å²) in [6, 6.07) is -0.281. The van der Waals surface area contributed by atoms with Crippen LogP contribution in [0.15, 0.2) is 46.8 Å². The number of thioether (sulfide) groups is 2. The molecule has 8 atom stereocenters. The van der Waals surface area contributed by atoms with Crippen molar-refractivity contribution in [2.45, 2.75) is 138 Å². The van der Waals surface area contributed by atoms with E-state index in [1.54, 1.807) is 11.8 Å². The standard InChI is InChI=1S/C38H55NO6S2/c1-4-22-21-33(46-32-10-8-7-9-27(22)32)36-39-34-30(44-37(42)25-15-11-23(12-16-25)28(40)5-2)19-20-31(35(34)47-36)45-38(43)26-17-13-24(14-18-26)29(41)6-3/h8,10,19-29,32,34-36,39-41H,4-7,9,11-18H2,1-3H3. The van der Waals surface area contributed by atoms with Crippen LogP contribution in [0.5, 0.6) is 0 Å². The van der Waals surface area contributed by atoms with Gasteiger partial charge in [-0.1, -0.05) is 39.0 Å². The van der Waals surface area contributed by atoms with E-state index in [9.17, 15) is 19.8 Å². The van der Waals surface area contributed by atoms with Crippen LogP contribution in [0.3, 0.4) is 0 Å². The quantitative estimate of drug-likeness (QED) is 0.160. The molecular weight excluding hydrogens is 631 g/mol. The van der Waals surface area contributed by atoms with Crippen molar-refractivity contribution in [3.8, 4) is 0 Å². The van der Waals surface area contributed by atoms with E-state index in [4.69, 9.17) is 9.47 Å². The number of esters is 2. The van der Waals surface area contributed by atoms with E-state index in [1.165, 1.54) is 11.3 Å². The molecule has 260 valence electrons. The van der Waals surface area contributed by atoms with Gasteiger partial charge in [0.2, 0.25) is 0 Å². The number of hydrogen-bond donors (Lipinski definition) is 3. The Morgan fingerprint density at radius 2 is 1.43 bits per heavy atom. The first-order valence-electron chi connectivity index (χ1n) is 18.5. The maximum Gasteiger partial charge on any atom is 0.314 e. The summed E-state index contributed by atoms with van der Waals surface area (Å²) >= 11 is 3.72. The first kappa shape index (κ1) is 35.3. The molecule has 2 aliphatic heterocycles. The van der Waals surface area contributed by atoms with Gasteiger partial charge in [0.05, 0.1) is 40.7 Å². The van der Waals surface area contributed by atoms with Crippen molar-refractivity contribution >= 4 is 35.5 Å². The van der Waals surface area contributed by atoms with Crippen LogP contribution in [0.1, 0.15) is 104 Å². The third-order valence-corrected chi connectivity index (χ3v) is 14.9. The second kappa shape index (κ2) is 16.0. The molecule has 6 aliphatic rings. The molecule has 0 bridgehead atoms. The molecule has 0 radical (unpaired) electrons. The highest BCUT2D eigenvalue weighted by molar-refractivity contribution is 8.07. The highest BCUT2D eigenvalue weighted by Crippen LogP contribution is 2.51. The third-order valence-electron chi connectivity index (χ3n) is 11.8.